The number of anilines is 1. The SMILES string of the molecule is CN1CCC[C@H]1C(=O)NCc1nc(NC(=O)N[C@H]2CC[C@@H](Oc3ccc4nnc(C(C)(C)C)n4c3)c3ccccc32)cc(C(C)(C)C)n1. The van der Waals surface area contributed by atoms with E-state index in [1.165, 1.54) is 0 Å². The number of likely N-dealkylation sites (N-methyl/N-ethyl adjacent to an activating group) is 1. The number of ether oxygens (including phenoxy) is 1. The van der Waals surface area contributed by atoms with E-state index in [9.17, 15) is 9.59 Å². The molecule has 1 aromatic carbocycles. The van der Waals surface area contributed by atoms with Crippen LogP contribution in [0.5, 0.6) is 5.75 Å². The Kier molecular flexibility index (Phi) is 9.12. The average molecular weight is 654 g/mol. The Morgan fingerprint density at radius 3 is 2.42 bits per heavy atom. The van der Waals surface area contributed by atoms with Crippen LogP contribution in [0.1, 0.15) is 108 Å². The lowest BCUT2D eigenvalue weighted by Crippen LogP contribution is -2.41. The van der Waals surface area contributed by atoms with E-state index in [2.05, 4.69) is 83.6 Å². The molecule has 0 unspecified atom stereocenters. The lowest BCUT2D eigenvalue weighted by atomic mass is 9.85. The van der Waals surface area contributed by atoms with Crippen LogP contribution in [0.15, 0.2) is 48.7 Å². The van der Waals surface area contributed by atoms with E-state index in [0.29, 0.717) is 18.1 Å². The Morgan fingerprint density at radius 2 is 1.71 bits per heavy atom. The van der Waals surface area contributed by atoms with Gasteiger partial charge < -0.3 is 15.4 Å². The first-order chi connectivity index (χ1) is 22.8. The van der Waals surface area contributed by atoms with E-state index in [0.717, 1.165) is 59.8 Å². The molecule has 3 amide bonds. The van der Waals surface area contributed by atoms with Crippen LogP contribution in [0.3, 0.4) is 0 Å². The third-order valence-electron chi connectivity index (χ3n) is 9.09. The van der Waals surface area contributed by atoms with Crippen molar-refractivity contribution >= 4 is 23.4 Å². The van der Waals surface area contributed by atoms with Crippen LogP contribution in [0, 0.1) is 0 Å². The summed E-state index contributed by atoms with van der Waals surface area (Å²) in [6.45, 7) is 13.6. The molecule has 3 atom stereocenters. The molecule has 48 heavy (non-hydrogen) atoms. The molecule has 12 heteroatoms. The number of benzene rings is 1. The molecule has 1 aliphatic carbocycles. The van der Waals surface area contributed by atoms with E-state index < -0.39 is 0 Å². The van der Waals surface area contributed by atoms with E-state index in [1.807, 2.05) is 48.0 Å². The van der Waals surface area contributed by atoms with Crippen LogP contribution in [0.4, 0.5) is 10.6 Å². The number of carbonyl (C=O) groups is 2. The minimum absolute atomic E-state index is 0.0285. The molecule has 1 saturated heterocycles. The van der Waals surface area contributed by atoms with Crippen LogP contribution in [0.2, 0.25) is 0 Å². The maximum absolute atomic E-state index is 13.4. The minimum Gasteiger partial charge on any atom is -0.484 e. The zero-order chi connectivity index (χ0) is 34.2. The van der Waals surface area contributed by atoms with E-state index in [1.54, 1.807) is 6.07 Å². The van der Waals surface area contributed by atoms with Crippen LogP contribution in [0.25, 0.3) is 5.65 Å². The molecule has 4 aromatic rings. The minimum atomic E-state index is -0.358. The Labute approximate surface area is 282 Å². The summed E-state index contributed by atoms with van der Waals surface area (Å²) in [6.07, 6.45) is 5.04. The van der Waals surface area contributed by atoms with Gasteiger partial charge in [-0.1, -0.05) is 65.8 Å². The van der Waals surface area contributed by atoms with E-state index in [-0.39, 0.29) is 47.5 Å². The van der Waals surface area contributed by atoms with Crippen molar-refractivity contribution in [1.82, 2.24) is 40.1 Å². The number of pyridine rings is 1. The van der Waals surface area contributed by atoms with Gasteiger partial charge in [-0.2, -0.15) is 0 Å². The highest BCUT2D eigenvalue weighted by Gasteiger charge is 2.31. The number of urea groups is 1. The molecule has 1 aliphatic heterocycles. The van der Waals surface area contributed by atoms with Gasteiger partial charge >= 0.3 is 6.03 Å². The number of nitrogens with one attached hydrogen (secondary N) is 3. The molecule has 254 valence electrons. The third-order valence-corrected chi connectivity index (χ3v) is 9.09. The largest absolute Gasteiger partial charge is 0.484 e. The molecule has 1 fully saturated rings. The lowest BCUT2D eigenvalue weighted by Gasteiger charge is -2.32. The summed E-state index contributed by atoms with van der Waals surface area (Å²) in [5.41, 5.74) is 3.15. The van der Waals surface area contributed by atoms with Gasteiger partial charge in [0.15, 0.2) is 5.65 Å². The quantitative estimate of drug-likeness (QED) is 0.234. The van der Waals surface area contributed by atoms with Crippen LogP contribution >= 0.6 is 0 Å². The van der Waals surface area contributed by atoms with Crippen molar-refractivity contribution in [3.63, 3.8) is 0 Å². The van der Waals surface area contributed by atoms with Gasteiger partial charge in [-0.15, -0.1) is 10.2 Å². The zero-order valence-electron chi connectivity index (χ0n) is 29.0. The summed E-state index contributed by atoms with van der Waals surface area (Å²) in [4.78, 5) is 37.6. The second-order valence-corrected chi connectivity index (χ2v) is 15.0. The summed E-state index contributed by atoms with van der Waals surface area (Å²) in [5, 5.41) is 17.8. The first-order valence-electron chi connectivity index (χ1n) is 16.8. The Morgan fingerprint density at radius 1 is 0.938 bits per heavy atom. The van der Waals surface area contributed by atoms with Gasteiger partial charge in [0.05, 0.1) is 30.5 Å². The topological polar surface area (TPSA) is 139 Å². The van der Waals surface area contributed by atoms with Crippen molar-refractivity contribution < 1.29 is 14.3 Å². The van der Waals surface area contributed by atoms with Gasteiger partial charge in [0.2, 0.25) is 5.91 Å². The normalized spacial score (nSPS) is 19.9. The van der Waals surface area contributed by atoms with E-state index in [4.69, 9.17) is 9.72 Å². The molecule has 4 heterocycles. The van der Waals surface area contributed by atoms with Crippen LogP contribution in [-0.4, -0.2) is 61.0 Å². The average Bonchev–Trinajstić information content (AvgIpc) is 3.66. The molecular formula is C36H47N9O3. The molecule has 2 aliphatic rings. The van der Waals surface area contributed by atoms with Crippen molar-refractivity contribution in [2.24, 2.45) is 0 Å². The van der Waals surface area contributed by atoms with Crippen molar-refractivity contribution in [2.75, 3.05) is 18.9 Å². The highest BCUT2D eigenvalue weighted by atomic mass is 16.5. The number of fused-ring (bicyclic) bond motifs is 2. The lowest BCUT2D eigenvalue weighted by molar-refractivity contribution is -0.125. The molecule has 3 N–H and O–H groups in total. The molecule has 0 saturated carbocycles. The summed E-state index contributed by atoms with van der Waals surface area (Å²) < 4.78 is 8.55. The highest BCUT2D eigenvalue weighted by molar-refractivity contribution is 5.88. The van der Waals surface area contributed by atoms with Gasteiger partial charge in [-0.05, 0) is 62.5 Å². The molecule has 12 nitrogen and oxygen atoms in total. The number of rotatable bonds is 7. The van der Waals surface area contributed by atoms with Crippen LogP contribution < -0.4 is 20.7 Å². The first kappa shape index (κ1) is 33.3. The predicted molar refractivity (Wildman–Crippen MR) is 184 cm³/mol. The van der Waals surface area contributed by atoms with Gasteiger partial charge in [0.25, 0.3) is 0 Å². The number of hydrogen-bond donors (Lipinski definition) is 3. The van der Waals surface area contributed by atoms with Gasteiger partial charge in [0.1, 0.15) is 29.3 Å². The molecule has 3 aromatic heterocycles. The van der Waals surface area contributed by atoms with Crippen LogP contribution in [-0.2, 0) is 22.2 Å². The van der Waals surface area contributed by atoms with Gasteiger partial charge in [-0.3, -0.25) is 19.4 Å². The Balaban J connectivity index is 1.15. The summed E-state index contributed by atoms with van der Waals surface area (Å²) >= 11 is 0. The molecule has 6 rings (SSSR count). The van der Waals surface area contributed by atoms with Crippen molar-refractivity contribution in [3.8, 4) is 5.75 Å². The third kappa shape index (κ3) is 7.28. The zero-order valence-corrected chi connectivity index (χ0v) is 29.0. The summed E-state index contributed by atoms with van der Waals surface area (Å²) in [5.74, 6) is 2.42. The Hall–Kier alpha value is -4.58. The number of carbonyl (C=O) groups excluding carboxylic acids is 2. The summed E-state index contributed by atoms with van der Waals surface area (Å²) in [6, 6.07) is 13.0. The second kappa shape index (κ2) is 13.1. The monoisotopic (exact) mass is 653 g/mol. The van der Waals surface area contributed by atoms with Crippen molar-refractivity contribution in [1.29, 1.82) is 0 Å². The number of likely N-dealkylation sites (tertiary alicyclic amines) is 1. The van der Waals surface area contributed by atoms with E-state index >= 15 is 0 Å². The highest BCUT2D eigenvalue weighted by Crippen LogP contribution is 2.39. The fourth-order valence-electron chi connectivity index (χ4n) is 6.50. The smallest absolute Gasteiger partial charge is 0.320 e. The maximum Gasteiger partial charge on any atom is 0.320 e. The number of amides is 3. The molecule has 0 bridgehead atoms. The standard InChI is InChI=1S/C36H47N9O3/c1-35(2,3)28-19-29(40-30(39-28)20-37-32(46)26-13-10-18-44(26)7)41-34(47)38-25-15-16-27(24-12-9-8-11-23(24)25)48-22-14-17-31-42-43-33(36(4,5)6)45(31)21-22/h8-9,11-12,14,17,19,21,25-27H,10,13,15-16,18,20H2,1-7H3,(H,37,46)(H2,38,39,40,41,47)/t25-,26-,27+/m0/s1. The van der Waals surface area contributed by atoms with Crippen molar-refractivity contribution in [2.45, 2.75) is 103 Å². The maximum atomic E-state index is 13.4. The summed E-state index contributed by atoms with van der Waals surface area (Å²) in [7, 11) is 1.97. The molecule has 0 spiro atoms. The van der Waals surface area contributed by atoms with Gasteiger partial charge in [0, 0.05) is 16.9 Å². The molecular weight excluding hydrogens is 606 g/mol. The fourth-order valence-corrected chi connectivity index (χ4v) is 6.50. The number of hydrogen-bond acceptors (Lipinski definition) is 8. The number of aromatic nitrogens is 5. The Bertz CT molecular complexity index is 1810. The van der Waals surface area contributed by atoms with Gasteiger partial charge in [-0.25, -0.2) is 14.8 Å². The van der Waals surface area contributed by atoms with Crippen molar-refractivity contribution in [3.05, 3.63) is 77.1 Å². The number of nitrogens with zero attached hydrogens (tertiary/aromatic N) is 6. The predicted octanol–water partition coefficient (Wildman–Crippen LogP) is 5.60. The molecule has 0 radical (unpaired) electrons. The fraction of sp³-hybridized carbons (Fsp3) is 0.500. The first-order valence-corrected chi connectivity index (χ1v) is 16.8. The second-order valence-electron chi connectivity index (χ2n) is 15.0.